The molecular weight excluding hydrogens is 250 g/mol. The van der Waals surface area contributed by atoms with Crippen molar-refractivity contribution in [1.29, 1.82) is 0 Å². The second kappa shape index (κ2) is 5.30. The van der Waals surface area contributed by atoms with E-state index in [1.54, 1.807) is 0 Å². The van der Waals surface area contributed by atoms with Gasteiger partial charge in [-0.2, -0.15) is 0 Å². The lowest BCUT2D eigenvalue weighted by Gasteiger charge is -2.47. The summed E-state index contributed by atoms with van der Waals surface area (Å²) in [6, 6.07) is 0.640. The zero-order valence-corrected chi connectivity index (χ0v) is 12.4. The van der Waals surface area contributed by atoms with E-state index < -0.39 is 0 Å². The van der Waals surface area contributed by atoms with Gasteiger partial charge in [-0.25, -0.2) is 0 Å². The van der Waals surface area contributed by atoms with Gasteiger partial charge in [-0.15, -0.1) is 0 Å². The standard InChI is InChI=1S/C16H27N3O/c20-16(9-14-8-12-1-2-13(14)7-12)19-10-15(11-19)18-5-3-17-4-6-18/h12-15,17H,1-11H2. The highest BCUT2D eigenvalue weighted by molar-refractivity contribution is 5.77. The fraction of sp³-hybridized carbons (Fsp3) is 0.938. The van der Waals surface area contributed by atoms with Crippen LogP contribution in [-0.2, 0) is 4.79 Å². The minimum absolute atomic E-state index is 0.439. The van der Waals surface area contributed by atoms with Crippen molar-refractivity contribution in [3.63, 3.8) is 0 Å². The maximum atomic E-state index is 12.4. The molecule has 2 heterocycles. The van der Waals surface area contributed by atoms with E-state index in [-0.39, 0.29) is 0 Å². The van der Waals surface area contributed by atoms with Gasteiger partial charge in [0.05, 0.1) is 0 Å². The number of rotatable bonds is 3. The molecule has 2 aliphatic carbocycles. The second-order valence-electron chi connectivity index (χ2n) is 7.38. The molecule has 4 fully saturated rings. The molecule has 4 heteroatoms. The molecule has 3 unspecified atom stereocenters. The van der Waals surface area contributed by atoms with Crippen LogP contribution in [0.4, 0.5) is 0 Å². The van der Waals surface area contributed by atoms with Crippen molar-refractivity contribution >= 4 is 5.91 Å². The van der Waals surface area contributed by atoms with Crippen molar-refractivity contribution in [3.05, 3.63) is 0 Å². The highest BCUT2D eigenvalue weighted by Crippen LogP contribution is 2.49. The number of likely N-dealkylation sites (tertiary alicyclic amines) is 1. The first kappa shape index (κ1) is 13.1. The van der Waals surface area contributed by atoms with E-state index in [9.17, 15) is 4.79 Å². The van der Waals surface area contributed by atoms with Gasteiger partial charge in [0.2, 0.25) is 5.91 Å². The predicted octanol–water partition coefficient (Wildman–Crippen LogP) is 0.929. The summed E-state index contributed by atoms with van der Waals surface area (Å²) in [7, 11) is 0. The largest absolute Gasteiger partial charge is 0.339 e. The lowest BCUT2D eigenvalue weighted by molar-refractivity contribution is -0.140. The van der Waals surface area contributed by atoms with Crippen molar-refractivity contribution < 1.29 is 4.79 Å². The third kappa shape index (κ3) is 2.37. The van der Waals surface area contributed by atoms with Gasteiger partial charge >= 0.3 is 0 Å². The van der Waals surface area contributed by atoms with E-state index in [4.69, 9.17) is 0 Å². The summed E-state index contributed by atoms with van der Waals surface area (Å²) in [5.41, 5.74) is 0. The summed E-state index contributed by atoms with van der Waals surface area (Å²) < 4.78 is 0. The van der Waals surface area contributed by atoms with Crippen LogP contribution in [-0.4, -0.2) is 61.0 Å². The smallest absolute Gasteiger partial charge is 0.222 e. The zero-order valence-electron chi connectivity index (χ0n) is 12.4. The van der Waals surface area contributed by atoms with Crippen molar-refractivity contribution in [1.82, 2.24) is 15.1 Å². The maximum absolute atomic E-state index is 12.4. The number of nitrogens with one attached hydrogen (secondary N) is 1. The summed E-state index contributed by atoms with van der Waals surface area (Å²) in [4.78, 5) is 17.0. The third-order valence-corrected chi connectivity index (χ3v) is 6.20. The lowest BCUT2D eigenvalue weighted by Crippen LogP contribution is -2.64. The van der Waals surface area contributed by atoms with Gasteiger partial charge in [-0.3, -0.25) is 9.69 Å². The molecule has 20 heavy (non-hydrogen) atoms. The van der Waals surface area contributed by atoms with Gasteiger partial charge < -0.3 is 10.2 Å². The van der Waals surface area contributed by atoms with Crippen LogP contribution in [0.3, 0.4) is 0 Å². The van der Waals surface area contributed by atoms with Crippen LogP contribution in [0.15, 0.2) is 0 Å². The molecule has 4 nitrogen and oxygen atoms in total. The van der Waals surface area contributed by atoms with Crippen LogP contribution in [0.1, 0.15) is 32.1 Å². The zero-order chi connectivity index (χ0) is 13.5. The van der Waals surface area contributed by atoms with Crippen LogP contribution >= 0.6 is 0 Å². The number of amides is 1. The van der Waals surface area contributed by atoms with E-state index in [1.807, 2.05) is 0 Å². The van der Waals surface area contributed by atoms with Gasteiger partial charge in [0, 0.05) is 51.7 Å². The molecule has 1 amide bonds. The highest BCUT2D eigenvalue weighted by atomic mass is 16.2. The normalized spacial score (nSPS) is 38.2. The molecule has 0 aromatic heterocycles. The number of nitrogens with zero attached hydrogens (tertiary/aromatic N) is 2. The van der Waals surface area contributed by atoms with Gasteiger partial charge in [0.15, 0.2) is 0 Å². The quantitative estimate of drug-likeness (QED) is 0.833. The molecule has 2 saturated carbocycles. The van der Waals surface area contributed by atoms with Crippen molar-refractivity contribution in [3.8, 4) is 0 Å². The highest BCUT2D eigenvalue weighted by Gasteiger charge is 2.42. The van der Waals surface area contributed by atoms with E-state index in [2.05, 4.69) is 15.1 Å². The molecule has 2 aliphatic heterocycles. The number of fused-ring (bicyclic) bond motifs is 2. The van der Waals surface area contributed by atoms with E-state index in [0.717, 1.165) is 63.4 Å². The molecular formula is C16H27N3O. The van der Waals surface area contributed by atoms with Crippen LogP contribution in [0.5, 0.6) is 0 Å². The first-order chi connectivity index (χ1) is 9.79. The molecule has 4 rings (SSSR count). The van der Waals surface area contributed by atoms with Gasteiger partial charge in [0.1, 0.15) is 0 Å². The van der Waals surface area contributed by atoms with Gasteiger partial charge in [-0.05, 0) is 37.0 Å². The molecule has 0 spiro atoms. The predicted molar refractivity (Wildman–Crippen MR) is 78.4 cm³/mol. The van der Waals surface area contributed by atoms with Crippen LogP contribution in [0.2, 0.25) is 0 Å². The molecule has 0 radical (unpaired) electrons. The summed E-state index contributed by atoms with van der Waals surface area (Å²) in [6.45, 7) is 6.49. The minimum atomic E-state index is 0.439. The Morgan fingerprint density at radius 1 is 1.10 bits per heavy atom. The Bertz CT molecular complexity index is 374. The average molecular weight is 277 g/mol. The molecule has 2 bridgehead atoms. The van der Waals surface area contributed by atoms with E-state index >= 15 is 0 Å². The van der Waals surface area contributed by atoms with Crippen LogP contribution < -0.4 is 5.32 Å². The van der Waals surface area contributed by atoms with Crippen molar-refractivity contribution in [2.75, 3.05) is 39.3 Å². The molecule has 0 aromatic rings. The second-order valence-corrected chi connectivity index (χ2v) is 7.38. The van der Waals surface area contributed by atoms with Crippen LogP contribution in [0, 0.1) is 17.8 Å². The number of hydrogen-bond acceptors (Lipinski definition) is 3. The Morgan fingerprint density at radius 2 is 1.90 bits per heavy atom. The lowest BCUT2D eigenvalue weighted by atomic mass is 9.85. The number of carbonyl (C=O) groups is 1. The number of hydrogen-bond donors (Lipinski definition) is 1. The first-order valence-corrected chi connectivity index (χ1v) is 8.52. The van der Waals surface area contributed by atoms with Crippen LogP contribution in [0.25, 0.3) is 0 Å². The first-order valence-electron chi connectivity index (χ1n) is 8.52. The summed E-state index contributed by atoms with van der Waals surface area (Å²) in [5.74, 6) is 3.01. The van der Waals surface area contributed by atoms with Crippen molar-refractivity contribution in [2.24, 2.45) is 17.8 Å². The molecule has 2 saturated heterocycles. The number of carbonyl (C=O) groups excluding carboxylic acids is 1. The van der Waals surface area contributed by atoms with E-state index in [1.165, 1.54) is 25.7 Å². The topological polar surface area (TPSA) is 35.6 Å². The Hall–Kier alpha value is -0.610. The minimum Gasteiger partial charge on any atom is -0.339 e. The summed E-state index contributed by atoms with van der Waals surface area (Å²) in [6.07, 6.45) is 6.43. The van der Waals surface area contributed by atoms with Crippen molar-refractivity contribution in [2.45, 2.75) is 38.1 Å². The third-order valence-electron chi connectivity index (χ3n) is 6.20. The summed E-state index contributed by atoms with van der Waals surface area (Å²) in [5, 5.41) is 3.39. The molecule has 4 aliphatic rings. The van der Waals surface area contributed by atoms with E-state index in [0.29, 0.717) is 11.9 Å². The SMILES string of the molecule is O=C(CC1CC2CCC1C2)N1CC(N2CCNCC2)C1. The van der Waals surface area contributed by atoms with Gasteiger partial charge in [0.25, 0.3) is 0 Å². The maximum Gasteiger partial charge on any atom is 0.222 e. The average Bonchev–Trinajstić information content (AvgIpc) is 3.00. The van der Waals surface area contributed by atoms with Gasteiger partial charge in [-0.1, -0.05) is 6.42 Å². The monoisotopic (exact) mass is 277 g/mol. The Morgan fingerprint density at radius 3 is 2.55 bits per heavy atom. The Balaban J connectivity index is 1.23. The number of piperazine rings is 1. The Labute approximate surface area is 121 Å². The Kier molecular flexibility index (Phi) is 3.47. The molecule has 1 N–H and O–H groups in total. The summed E-state index contributed by atoms with van der Waals surface area (Å²) >= 11 is 0. The molecule has 112 valence electrons. The molecule has 0 aromatic carbocycles. The molecule has 3 atom stereocenters. The fourth-order valence-electron chi connectivity index (χ4n) is 4.92. The fourth-order valence-corrected chi connectivity index (χ4v) is 4.92.